The summed E-state index contributed by atoms with van der Waals surface area (Å²) in [5.74, 6) is -0.988. The molecule has 0 aliphatic heterocycles. The summed E-state index contributed by atoms with van der Waals surface area (Å²) in [6, 6.07) is 0. The van der Waals surface area contributed by atoms with Gasteiger partial charge in [0.2, 0.25) is 0 Å². The fourth-order valence-corrected chi connectivity index (χ4v) is 3.20. The van der Waals surface area contributed by atoms with Crippen LogP contribution in [0.4, 0.5) is 0 Å². The molecule has 0 aromatic carbocycles. The molecule has 1 aliphatic rings. The van der Waals surface area contributed by atoms with Crippen LogP contribution < -0.4 is 0 Å². The number of aliphatic carboxylic acids is 2. The lowest BCUT2D eigenvalue weighted by atomic mass is 9.57. The first-order chi connectivity index (χ1) is 8.76. The van der Waals surface area contributed by atoms with Crippen molar-refractivity contribution in [1.82, 2.24) is 4.90 Å². The van der Waals surface area contributed by atoms with E-state index >= 15 is 0 Å². The second kappa shape index (κ2) is 6.37. The minimum atomic E-state index is -0.969. The zero-order chi connectivity index (χ0) is 14.6. The molecule has 0 spiro atoms. The highest BCUT2D eigenvalue weighted by Crippen LogP contribution is 2.50. The highest BCUT2D eigenvalue weighted by molar-refractivity contribution is 5.72. The van der Waals surface area contributed by atoms with Gasteiger partial charge in [-0.3, -0.25) is 14.5 Å². The third-order valence-corrected chi connectivity index (χ3v) is 4.41. The zero-order valence-corrected chi connectivity index (χ0v) is 12.1. The maximum absolute atomic E-state index is 10.8. The summed E-state index contributed by atoms with van der Waals surface area (Å²) in [6.07, 6.45) is 3.33. The van der Waals surface area contributed by atoms with Crippen molar-refractivity contribution in [3.63, 3.8) is 0 Å². The quantitative estimate of drug-likeness (QED) is 0.705. The van der Waals surface area contributed by atoms with Crippen molar-refractivity contribution >= 4 is 11.9 Å². The zero-order valence-electron chi connectivity index (χ0n) is 12.1. The van der Waals surface area contributed by atoms with Gasteiger partial charge in [0.15, 0.2) is 0 Å². The average Bonchev–Trinajstić information content (AvgIpc) is 2.24. The van der Waals surface area contributed by atoms with Crippen molar-refractivity contribution in [2.75, 3.05) is 19.6 Å². The first kappa shape index (κ1) is 16.0. The van der Waals surface area contributed by atoms with Gasteiger partial charge in [0.1, 0.15) is 0 Å². The first-order valence-corrected chi connectivity index (χ1v) is 6.92. The van der Waals surface area contributed by atoms with E-state index in [0.29, 0.717) is 23.8 Å². The molecule has 0 saturated heterocycles. The van der Waals surface area contributed by atoms with Gasteiger partial charge in [0.05, 0.1) is 13.1 Å². The number of rotatable bonds is 8. The molecule has 2 atom stereocenters. The van der Waals surface area contributed by atoms with Crippen LogP contribution in [-0.2, 0) is 9.59 Å². The van der Waals surface area contributed by atoms with Gasteiger partial charge in [-0.1, -0.05) is 27.2 Å². The monoisotopic (exact) mass is 271 g/mol. The molecule has 2 N–H and O–H groups in total. The van der Waals surface area contributed by atoms with Gasteiger partial charge in [-0.25, -0.2) is 0 Å². The van der Waals surface area contributed by atoms with Crippen LogP contribution in [0.15, 0.2) is 0 Å². The van der Waals surface area contributed by atoms with Gasteiger partial charge in [-0.15, -0.1) is 0 Å². The molecule has 5 nitrogen and oxygen atoms in total. The van der Waals surface area contributed by atoms with E-state index in [-0.39, 0.29) is 13.1 Å². The van der Waals surface area contributed by atoms with E-state index in [1.54, 1.807) is 0 Å². The summed E-state index contributed by atoms with van der Waals surface area (Å²) in [6.45, 7) is 6.74. The number of carboxylic acid groups (broad SMARTS) is 2. The van der Waals surface area contributed by atoms with Crippen LogP contribution >= 0.6 is 0 Å². The second-order valence-electron chi connectivity index (χ2n) is 6.26. The number of hydrogen-bond acceptors (Lipinski definition) is 3. The Hall–Kier alpha value is -1.10. The number of carbonyl (C=O) groups is 2. The third kappa shape index (κ3) is 4.49. The van der Waals surface area contributed by atoms with Gasteiger partial charge in [-0.05, 0) is 30.1 Å². The van der Waals surface area contributed by atoms with Gasteiger partial charge in [-0.2, -0.15) is 0 Å². The Morgan fingerprint density at radius 2 is 1.79 bits per heavy atom. The molecular weight excluding hydrogens is 246 g/mol. The van der Waals surface area contributed by atoms with Crippen LogP contribution in [0.5, 0.6) is 0 Å². The Balaban J connectivity index is 2.64. The molecule has 5 heteroatoms. The summed E-state index contributed by atoms with van der Waals surface area (Å²) < 4.78 is 0. The SMILES string of the molecule is CC[C@H](CN(CC(=O)O)CC(=O)O)[C@H]1CCC1(C)C. The maximum Gasteiger partial charge on any atom is 0.317 e. The van der Waals surface area contributed by atoms with E-state index in [0.717, 1.165) is 6.42 Å². The molecule has 0 radical (unpaired) electrons. The van der Waals surface area contributed by atoms with Crippen molar-refractivity contribution in [2.45, 2.75) is 40.0 Å². The van der Waals surface area contributed by atoms with Crippen molar-refractivity contribution in [3.8, 4) is 0 Å². The van der Waals surface area contributed by atoms with E-state index in [2.05, 4.69) is 20.8 Å². The summed E-state index contributed by atoms with van der Waals surface area (Å²) in [5.41, 5.74) is 0.304. The van der Waals surface area contributed by atoms with Gasteiger partial charge >= 0.3 is 11.9 Å². The van der Waals surface area contributed by atoms with E-state index in [1.807, 2.05) is 0 Å². The predicted octanol–water partition coefficient (Wildman–Crippen LogP) is 1.92. The van der Waals surface area contributed by atoms with Crippen LogP contribution in [-0.4, -0.2) is 46.7 Å². The summed E-state index contributed by atoms with van der Waals surface area (Å²) in [4.78, 5) is 23.1. The van der Waals surface area contributed by atoms with Gasteiger partial charge in [0, 0.05) is 6.54 Å². The van der Waals surface area contributed by atoms with E-state index < -0.39 is 11.9 Å². The van der Waals surface area contributed by atoms with E-state index in [4.69, 9.17) is 10.2 Å². The molecule has 0 aromatic heterocycles. The molecular formula is C14H25NO4. The molecule has 0 bridgehead atoms. The molecule has 0 aromatic rings. The fourth-order valence-electron chi connectivity index (χ4n) is 3.20. The Kier molecular flexibility index (Phi) is 5.35. The van der Waals surface area contributed by atoms with E-state index in [9.17, 15) is 9.59 Å². The lowest BCUT2D eigenvalue weighted by molar-refractivity contribution is -0.142. The Morgan fingerprint density at radius 1 is 1.26 bits per heavy atom. The normalized spacial score (nSPS) is 22.8. The van der Waals surface area contributed by atoms with Crippen LogP contribution in [0, 0.1) is 17.3 Å². The molecule has 110 valence electrons. The smallest absolute Gasteiger partial charge is 0.317 e. The first-order valence-electron chi connectivity index (χ1n) is 6.92. The minimum absolute atomic E-state index is 0.198. The molecule has 1 saturated carbocycles. The van der Waals surface area contributed by atoms with Crippen LogP contribution in [0.25, 0.3) is 0 Å². The summed E-state index contributed by atoms with van der Waals surface area (Å²) in [7, 11) is 0. The van der Waals surface area contributed by atoms with Crippen molar-refractivity contribution < 1.29 is 19.8 Å². The highest BCUT2D eigenvalue weighted by Gasteiger charge is 2.42. The Morgan fingerprint density at radius 3 is 2.05 bits per heavy atom. The van der Waals surface area contributed by atoms with Gasteiger partial charge < -0.3 is 10.2 Å². The van der Waals surface area contributed by atoms with Crippen LogP contribution in [0.3, 0.4) is 0 Å². The standard InChI is InChI=1S/C14H25NO4/c1-4-10(11-5-6-14(11,2)3)7-15(8-12(16)17)9-13(18)19/h10-11H,4-9H2,1-3H3,(H,16,17)(H,18,19)/t10-,11-/m1/s1. The van der Waals surface area contributed by atoms with Gasteiger partial charge in [0.25, 0.3) is 0 Å². The topological polar surface area (TPSA) is 77.8 Å². The van der Waals surface area contributed by atoms with Crippen molar-refractivity contribution in [1.29, 1.82) is 0 Å². The predicted molar refractivity (Wildman–Crippen MR) is 72.0 cm³/mol. The third-order valence-electron chi connectivity index (χ3n) is 4.41. The van der Waals surface area contributed by atoms with Crippen molar-refractivity contribution in [2.24, 2.45) is 17.3 Å². The molecule has 0 unspecified atom stereocenters. The van der Waals surface area contributed by atoms with E-state index in [1.165, 1.54) is 17.7 Å². The molecule has 1 rings (SSSR count). The Labute approximate surface area is 114 Å². The lowest BCUT2D eigenvalue weighted by Gasteiger charge is -2.49. The average molecular weight is 271 g/mol. The van der Waals surface area contributed by atoms with Crippen LogP contribution in [0.1, 0.15) is 40.0 Å². The molecule has 0 heterocycles. The maximum atomic E-state index is 10.8. The summed E-state index contributed by atoms with van der Waals surface area (Å²) in [5, 5.41) is 17.7. The molecule has 19 heavy (non-hydrogen) atoms. The minimum Gasteiger partial charge on any atom is -0.480 e. The molecule has 1 fully saturated rings. The second-order valence-corrected chi connectivity index (χ2v) is 6.26. The lowest BCUT2D eigenvalue weighted by Crippen LogP contribution is -2.46. The molecule has 0 amide bonds. The Bertz CT molecular complexity index is 324. The number of carboxylic acids is 2. The van der Waals surface area contributed by atoms with Crippen molar-refractivity contribution in [3.05, 3.63) is 0 Å². The summed E-state index contributed by atoms with van der Waals surface area (Å²) >= 11 is 0. The molecule has 1 aliphatic carbocycles. The van der Waals surface area contributed by atoms with Crippen LogP contribution in [0.2, 0.25) is 0 Å². The fraction of sp³-hybridized carbons (Fsp3) is 0.857. The number of nitrogens with zero attached hydrogens (tertiary/aromatic N) is 1. The number of hydrogen-bond donors (Lipinski definition) is 2. The largest absolute Gasteiger partial charge is 0.480 e. The highest BCUT2D eigenvalue weighted by atomic mass is 16.4.